The summed E-state index contributed by atoms with van der Waals surface area (Å²) < 4.78 is 5.30. The molecule has 2 saturated heterocycles. The van der Waals surface area contributed by atoms with Gasteiger partial charge < -0.3 is 15.0 Å². The number of amides is 2. The number of ether oxygens (including phenoxy) is 1. The van der Waals surface area contributed by atoms with Crippen molar-refractivity contribution in [1.82, 2.24) is 10.2 Å². The van der Waals surface area contributed by atoms with Crippen LogP contribution in [0.2, 0.25) is 0 Å². The largest absolute Gasteiger partial charge is 0.381 e. The van der Waals surface area contributed by atoms with Gasteiger partial charge in [0.2, 0.25) is 11.8 Å². The van der Waals surface area contributed by atoms with Gasteiger partial charge in [0.25, 0.3) is 0 Å². The summed E-state index contributed by atoms with van der Waals surface area (Å²) in [5.41, 5.74) is 0. The van der Waals surface area contributed by atoms with Crippen LogP contribution in [0.1, 0.15) is 38.5 Å². The van der Waals surface area contributed by atoms with Crippen molar-refractivity contribution in [3.63, 3.8) is 0 Å². The monoisotopic (exact) mass is 268 g/mol. The van der Waals surface area contributed by atoms with Gasteiger partial charge in [0, 0.05) is 45.7 Å². The Hall–Kier alpha value is -1.10. The minimum absolute atomic E-state index is 0.0530. The maximum atomic E-state index is 11.7. The lowest BCUT2D eigenvalue weighted by Gasteiger charge is -2.26. The molecule has 2 fully saturated rings. The van der Waals surface area contributed by atoms with E-state index < -0.39 is 0 Å². The van der Waals surface area contributed by atoms with Crippen molar-refractivity contribution in [2.24, 2.45) is 5.92 Å². The molecule has 2 aliphatic rings. The van der Waals surface area contributed by atoms with Gasteiger partial charge in [0.05, 0.1) is 0 Å². The third kappa shape index (κ3) is 4.82. The Bertz CT molecular complexity index is 314. The highest BCUT2D eigenvalue weighted by molar-refractivity contribution is 5.79. The summed E-state index contributed by atoms with van der Waals surface area (Å²) in [6.07, 6.45) is 5.22. The van der Waals surface area contributed by atoms with Gasteiger partial charge in [0.1, 0.15) is 0 Å². The Morgan fingerprint density at radius 2 is 2.32 bits per heavy atom. The predicted molar refractivity (Wildman–Crippen MR) is 71.6 cm³/mol. The molecular weight excluding hydrogens is 244 g/mol. The Morgan fingerprint density at radius 1 is 1.42 bits per heavy atom. The molecule has 0 saturated carbocycles. The van der Waals surface area contributed by atoms with Gasteiger partial charge >= 0.3 is 0 Å². The maximum Gasteiger partial charge on any atom is 0.222 e. The van der Waals surface area contributed by atoms with E-state index in [1.807, 2.05) is 4.90 Å². The van der Waals surface area contributed by atoms with E-state index in [9.17, 15) is 9.59 Å². The molecule has 0 aromatic rings. The second-order valence-corrected chi connectivity index (χ2v) is 5.46. The summed E-state index contributed by atoms with van der Waals surface area (Å²) in [6, 6.07) is 0. The van der Waals surface area contributed by atoms with Crippen LogP contribution in [0.4, 0.5) is 0 Å². The van der Waals surface area contributed by atoms with E-state index in [1.54, 1.807) is 0 Å². The molecule has 0 spiro atoms. The second-order valence-electron chi connectivity index (χ2n) is 5.46. The van der Waals surface area contributed by atoms with Crippen LogP contribution < -0.4 is 5.32 Å². The molecule has 108 valence electrons. The average Bonchev–Trinajstić information content (AvgIpc) is 2.91. The van der Waals surface area contributed by atoms with E-state index >= 15 is 0 Å². The molecule has 0 aromatic heterocycles. The van der Waals surface area contributed by atoms with Gasteiger partial charge in [-0.1, -0.05) is 0 Å². The summed E-state index contributed by atoms with van der Waals surface area (Å²) >= 11 is 0. The molecular formula is C14H24N2O3. The fraction of sp³-hybridized carbons (Fsp3) is 0.857. The number of nitrogens with one attached hydrogen (secondary N) is 1. The Kier molecular flexibility index (Phi) is 5.63. The third-order valence-electron chi connectivity index (χ3n) is 3.93. The standard InChI is InChI=1S/C14H24N2O3/c17-13(15-7-4-12-6-10-19-11-12)5-9-16-8-2-1-3-14(16)18/h12H,1-11H2,(H,15,17)/t12-/m0/s1. The number of carbonyl (C=O) groups is 2. The number of likely N-dealkylation sites (tertiary alicyclic amines) is 1. The van der Waals surface area contributed by atoms with Gasteiger partial charge in [-0.15, -0.1) is 0 Å². The summed E-state index contributed by atoms with van der Waals surface area (Å²) in [4.78, 5) is 25.1. The molecule has 0 aromatic carbocycles. The Labute approximate surface area is 114 Å². The second kappa shape index (κ2) is 7.48. The molecule has 2 rings (SSSR count). The quantitative estimate of drug-likeness (QED) is 0.779. The number of nitrogens with zero attached hydrogens (tertiary/aromatic N) is 1. The highest BCUT2D eigenvalue weighted by atomic mass is 16.5. The normalized spacial score (nSPS) is 23.7. The summed E-state index contributed by atoms with van der Waals surface area (Å²) in [5.74, 6) is 0.850. The molecule has 5 nitrogen and oxygen atoms in total. The van der Waals surface area contributed by atoms with Crippen molar-refractivity contribution in [1.29, 1.82) is 0 Å². The third-order valence-corrected chi connectivity index (χ3v) is 3.93. The summed E-state index contributed by atoms with van der Waals surface area (Å²) in [7, 11) is 0. The van der Waals surface area contributed by atoms with Crippen LogP contribution in [-0.2, 0) is 14.3 Å². The first-order valence-electron chi connectivity index (χ1n) is 7.38. The van der Waals surface area contributed by atoms with Gasteiger partial charge in [0.15, 0.2) is 0 Å². The highest BCUT2D eigenvalue weighted by Crippen LogP contribution is 2.15. The van der Waals surface area contributed by atoms with E-state index in [1.165, 1.54) is 0 Å². The van der Waals surface area contributed by atoms with Crippen molar-refractivity contribution in [3.05, 3.63) is 0 Å². The number of hydrogen-bond acceptors (Lipinski definition) is 3. The molecule has 2 aliphatic heterocycles. The van der Waals surface area contributed by atoms with Gasteiger partial charge in [-0.2, -0.15) is 0 Å². The fourth-order valence-corrected chi connectivity index (χ4v) is 2.65. The molecule has 0 unspecified atom stereocenters. The lowest BCUT2D eigenvalue weighted by Crippen LogP contribution is -2.38. The number of piperidine rings is 1. The van der Waals surface area contributed by atoms with Crippen LogP contribution in [0.3, 0.4) is 0 Å². The zero-order valence-corrected chi connectivity index (χ0v) is 11.5. The van der Waals surface area contributed by atoms with E-state index in [0.29, 0.717) is 25.3 Å². The fourth-order valence-electron chi connectivity index (χ4n) is 2.65. The molecule has 5 heteroatoms. The smallest absolute Gasteiger partial charge is 0.222 e. The molecule has 0 bridgehead atoms. The minimum atomic E-state index is 0.0530. The van der Waals surface area contributed by atoms with E-state index in [0.717, 1.165) is 52.0 Å². The molecule has 1 N–H and O–H groups in total. The Morgan fingerprint density at radius 3 is 3.05 bits per heavy atom. The summed E-state index contributed by atoms with van der Waals surface area (Å²) in [6.45, 7) is 3.79. The van der Waals surface area contributed by atoms with Crippen LogP contribution >= 0.6 is 0 Å². The van der Waals surface area contributed by atoms with Crippen LogP contribution in [0.25, 0.3) is 0 Å². The maximum absolute atomic E-state index is 11.7. The number of hydrogen-bond donors (Lipinski definition) is 1. The SMILES string of the molecule is O=C(CCN1CCCCC1=O)NCC[C@H]1CCOC1. The van der Waals surface area contributed by atoms with Crippen molar-refractivity contribution in [3.8, 4) is 0 Å². The first-order chi connectivity index (χ1) is 9.25. The van der Waals surface area contributed by atoms with Gasteiger partial charge in [-0.05, 0) is 31.6 Å². The molecule has 1 atom stereocenters. The van der Waals surface area contributed by atoms with Crippen molar-refractivity contribution in [2.45, 2.75) is 38.5 Å². The molecule has 2 amide bonds. The van der Waals surface area contributed by atoms with Crippen molar-refractivity contribution >= 4 is 11.8 Å². The average molecular weight is 268 g/mol. The van der Waals surface area contributed by atoms with Crippen LogP contribution in [-0.4, -0.2) is 49.6 Å². The van der Waals surface area contributed by atoms with Gasteiger partial charge in [-0.3, -0.25) is 9.59 Å². The zero-order chi connectivity index (χ0) is 13.5. The van der Waals surface area contributed by atoms with Gasteiger partial charge in [-0.25, -0.2) is 0 Å². The first kappa shape index (κ1) is 14.3. The first-order valence-corrected chi connectivity index (χ1v) is 7.38. The predicted octanol–water partition coefficient (Wildman–Crippen LogP) is 0.932. The van der Waals surface area contributed by atoms with E-state index in [2.05, 4.69) is 5.32 Å². The number of carbonyl (C=O) groups excluding carboxylic acids is 2. The van der Waals surface area contributed by atoms with Crippen LogP contribution in [0.15, 0.2) is 0 Å². The zero-order valence-electron chi connectivity index (χ0n) is 11.5. The summed E-state index contributed by atoms with van der Waals surface area (Å²) in [5, 5.41) is 2.93. The molecule has 0 aliphatic carbocycles. The molecule has 19 heavy (non-hydrogen) atoms. The lowest BCUT2D eigenvalue weighted by atomic mass is 10.1. The van der Waals surface area contributed by atoms with Crippen molar-refractivity contribution < 1.29 is 14.3 Å². The highest BCUT2D eigenvalue weighted by Gasteiger charge is 2.19. The van der Waals surface area contributed by atoms with Crippen LogP contribution in [0.5, 0.6) is 0 Å². The Balaban J connectivity index is 1.54. The molecule has 2 heterocycles. The van der Waals surface area contributed by atoms with E-state index in [4.69, 9.17) is 4.74 Å². The topological polar surface area (TPSA) is 58.6 Å². The lowest BCUT2D eigenvalue weighted by molar-refractivity contribution is -0.133. The minimum Gasteiger partial charge on any atom is -0.381 e. The van der Waals surface area contributed by atoms with Crippen LogP contribution in [0, 0.1) is 5.92 Å². The van der Waals surface area contributed by atoms with E-state index in [-0.39, 0.29) is 11.8 Å². The molecule has 0 radical (unpaired) electrons. The number of rotatable bonds is 6. The van der Waals surface area contributed by atoms with Crippen molar-refractivity contribution in [2.75, 3.05) is 32.8 Å².